The maximum Gasteiger partial charge on any atom is 0.405 e. The summed E-state index contributed by atoms with van der Waals surface area (Å²) in [4.78, 5) is 4.94. The molecule has 0 saturated carbocycles. The Balaban J connectivity index is 2.83. The minimum absolute atomic E-state index is 0.254. The van der Waals surface area contributed by atoms with Gasteiger partial charge < -0.3 is 10.2 Å². The average molecular weight is 282 g/mol. The number of pyridine rings is 1. The van der Waals surface area contributed by atoms with Crippen LogP contribution >= 0.6 is 11.6 Å². The van der Waals surface area contributed by atoms with E-state index < -0.39 is 12.7 Å². The molecule has 0 aliphatic carbocycles. The van der Waals surface area contributed by atoms with Crippen molar-refractivity contribution < 1.29 is 13.2 Å². The minimum atomic E-state index is -4.25. The smallest absolute Gasteiger partial charge is 0.351 e. The Morgan fingerprint density at radius 2 is 2.11 bits per heavy atom. The summed E-state index contributed by atoms with van der Waals surface area (Å²) in [5.74, 6) is 0.254. The van der Waals surface area contributed by atoms with Crippen molar-refractivity contribution in [2.45, 2.75) is 19.6 Å². The first kappa shape index (κ1) is 15.0. The van der Waals surface area contributed by atoms with Crippen molar-refractivity contribution in [3.63, 3.8) is 0 Å². The Morgan fingerprint density at radius 1 is 1.44 bits per heavy atom. The Morgan fingerprint density at radius 3 is 2.67 bits per heavy atom. The van der Waals surface area contributed by atoms with E-state index in [1.807, 2.05) is 6.92 Å². The predicted octanol–water partition coefficient (Wildman–Crippen LogP) is 2.84. The van der Waals surface area contributed by atoms with Crippen LogP contribution in [0.5, 0.6) is 0 Å². The van der Waals surface area contributed by atoms with E-state index in [1.54, 1.807) is 6.07 Å². The van der Waals surface area contributed by atoms with Gasteiger partial charge in [0.2, 0.25) is 0 Å². The van der Waals surface area contributed by atoms with Crippen LogP contribution in [0.2, 0.25) is 5.02 Å². The number of halogens is 4. The molecule has 0 unspecified atom stereocenters. The molecule has 0 saturated heterocycles. The Bertz CT molecular complexity index is 396. The number of anilines is 1. The van der Waals surface area contributed by atoms with Gasteiger partial charge in [-0.1, -0.05) is 18.5 Å². The molecule has 7 heteroatoms. The first-order valence-corrected chi connectivity index (χ1v) is 5.84. The third-order valence-corrected chi connectivity index (χ3v) is 2.63. The molecule has 1 aromatic rings. The molecule has 18 heavy (non-hydrogen) atoms. The van der Waals surface area contributed by atoms with Crippen LogP contribution in [-0.2, 0) is 6.54 Å². The van der Waals surface area contributed by atoms with Gasteiger partial charge in [-0.3, -0.25) is 0 Å². The van der Waals surface area contributed by atoms with E-state index in [0.717, 1.165) is 17.0 Å². The SMILES string of the molecule is CCNCc1cc(N(C)CC(F)(F)F)ncc1Cl. The molecular weight excluding hydrogens is 267 g/mol. The van der Waals surface area contributed by atoms with Crippen molar-refractivity contribution in [1.29, 1.82) is 0 Å². The normalized spacial score (nSPS) is 11.7. The zero-order chi connectivity index (χ0) is 13.8. The summed E-state index contributed by atoms with van der Waals surface area (Å²) in [5.41, 5.74) is 0.734. The number of nitrogens with zero attached hydrogens (tertiary/aromatic N) is 2. The van der Waals surface area contributed by atoms with Gasteiger partial charge in [0.25, 0.3) is 0 Å². The second kappa shape index (κ2) is 6.24. The molecule has 1 N–H and O–H groups in total. The minimum Gasteiger partial charge on any atom is -0.351 e. The number of hydrogen-bond donors (Lipinski definition) is 1. The van der Waals surface area contributed by atoms with Gasteiger partial charge in [0.1, 0.15) is 12.4 Å². The van der Waals surface area contributed by atoms with E-state index in [9.17, 15) is 13.2 Å². The Kier molecular flexibility index (Phi) is 5.22. The fourth-order valence-corrected chi connectivity index (χ4v) is 1.59. The lowest BCUT2D eigenvalue weighted by Gasteiger charge is -2.20. The molecular formula is C11H15ClF3N3. The van der Waals surface area contributed by atoms with Crippen molar-refractivity contribution in [3.05, 3.63) is 22.8 Å². The second-order valence-electron chi connectivity index (χ2n) is 3.89. The van der Waals surface area contributed by atoms with E-state index >= 15 is 0 Å². The van der Waals surface area contributed by atoms with Gasteiger partial charge in [-0.25, -0.2) is 4.98 Å². The summed E-state index contributed by atoms with van der Waals surface area (Å²) in [6.45, 7) is 2.16. The van der Waals surface area contributed by atoms with Gasteiger partial charge in [0, 0.05) is 19.8 Å². The number of hydrogen-bond acceptors (Lipinski definition) is 3. The van der Waals surface area contributed by atoms with Gasteiger partial charge in [-0.15, -0.1) is 0 Å². The van der Waals surface area contributed by atoms with Gasteiger partial charge >= 0.3 is 6.18 Å². The molecule has 0 bridgehead atoms. The fourth-order valence-electron chi connectivity index (χ4n) is 1.42. The molecule has 0 aliphatic heterocycles. The van der Waals surface area contributed by atoms with Crippen molar-refractivity contribution in [2.75, 3.05) is 25.0 Å². The van der Waals surface area contributed by atoms with Crippen LogP contribution in [0.4, 0.5) is 19.0 Å². The molecule has 0 spiro atoms. The zero-order valence-electron chi connectivity index (χ0n) is 10.2. The quantitative estimate of drug-likeness (QED) is 0.899. The van der Waals surface area contributed by atoms with Gasteiger partial charge in [-0.05, 0) is 18.2 Å². The van der Waals surface area contributed by atoms with Crippen LogP contribution in [0.3, 0.4) is 0 Å². The van der Waals surface area contributed by atoms with E-state index in [4.69, 9.17) is 11.6 Å². The molecule has 1 heterocycles. The lowest BCUT2D eigenvalue weighted by atomic mass is 10.2. The number of rotatable bonds is 5. The summed E-state index contributed by atoms with van der Waals surface area (Å²) in [6, 6.07) is 1.57. The molecule has 0 aromatic carbocycles. The summed E-state index contributed by atoms with van der Waals surface area (Å²) in [6.07, 6.45) is -2.88. The molecule has 1 rings (SSSR count). The molecule has 0 radical (unpaired) electrons. The molecule has 0 atom stereocenters. The molecule has 0 aliphatic rings. The lowest BCUT2D eigenvalue weighted by Crippen LogP contribution is -2.31. The zero-order valence-corrected chi connectivity index (χ0v) is 10.9. The molecule has 1 aromatic heterocycles. The van der Waals surface area contributed by atoms with E-state index in [-0.39, 0.29) is 5.82 Å². The van der Waals surface area contributed by atoms with Crippen LogP contribution in [0.1, 0.15) is 12.5 Å². The van der Waals surface area contributed by atoms with Crippen LogP contribution in [0, 0.1) is 0 Å². The monoisotopic (exact) mass is 281 g/mol. The first-order chi connectivity index (χ1) is 8.33. The van der Waals surface area contributed by atoms with E-state index in [0.29, 0.717) is 11.6 Å². The lowest BCUT2D eigenvalue weighted by molar-refractivity contribution is -0.119. The number of alkyl halides is 3. The van der Waals surface area contributed by atoms with Crippen molar-refractivity contribution in [3.8, 4) is 0 Å². The average Bonchev–Trinajstić information content (AvgIpc) is 2.25. The highest BCUT2D eigenvalue weighted by Gasteiger charge is 2.29. The largest absolute Gasteiger partial charge is 0.405 e. The van der Waals surface area contributed by atoms with Crippen LogP contribution < -0.4 is 10.2 Å². The number of aromatic nitrogens is 1. The van der Waals surface area contributed by atoms with Crippen molar-refractivity contribution >= 4 is 17.4 Å². The Labute approximate surface area is 109 Å². The first-order valence-electron chi connectivity index (χ1n) is 5.46. The van der Waals surface area contributed by atoms with Crippen LogP contribution in [0.25, 0.3) is 0 Å². The highest BCUT2D eigenvalue weighted by molar-refractivity contribution is 6.31. The second-order valence-corrected chi connectivity index (χ2v) is 4.29. The maximum absolute atomic E-state index is 12.3. The Hall–Kier alpha value is -1.01. The summed E-state index contributed by atoms with van der Waals surface area (Å²) in [7, 11) is 1.35. The standard InChI is InChI=1S/C11H15ClF3N3/c1-3-16-5-8-4-10(17-6-9(8)12)18(2)7-11(13,14)15/h4,6,16H,3,5,7H2,1-2H3. The van der Waals surface area contributed by atoms with Crippen LogP contribution in [0.15, 0.2) is 12.3 Å². The molecule has 102 valence electrons. The van der Waals surface area contributed by atoms with Crippen molar-refractivity contribution in [2.24, 2.45) is 0 Å². The van der Waals surface area contributed by atoms with E-state index in [1.165, 1.54) is 13.2 Å². The predicted molar refractivity (Wildman–Crippen MR) is 66.0 cm³/mol. The van der Waals surface area contributed by atoms with Crippen LogP contribution in [-0.4, -0.2) is 31.3 Å². The summed E-state index contributed by atoms with van der Waals surface area (Å²) in [5, 5.41) is 3.51. The fraction of sp³-hybridized carbons (Fsp3) is 0.545. The highest BCUT2D eigenvalue weighted by Crippen LogP contribution is 2.23. The summed E-state index contributed by atoms with van der Waals surface area (Å²) >= 11 is 5.93. The van der Waals surface area contributed by atoms with E-state index in [2.05, 4.69) is 10.3 Å². The van der Waals surface area contributed by atoms with Gasteiger partial charge in [-0.2, -0.15) is 13.2 Å². The third kappa shape index (κ3) is 4.70. The number of nitrogens with one attached hydrogen (secondary N) is 1. The maximum atomic E-state index is 12.3. The third-order valence-electron chi connectivity index (χ3n) is 2.29. The molecule has 3 nitrogen and oxygen atoms in total. The van der Waals surface area contributed by atoms with Gasteiger partial charge in [0.05, 0.1) is 5.02 Å². The van der Waals surface area contributed by atoms with Gasteiger partial charge in [0.15, 0.2) is 0 Å². The molecule has 0 amide bonds. The van der Waals surface area contributed by atoms with Crippen molar-refractivity contribution in [1.82, 2.24) is 10.3 Å². The summed E-state index contributed by atoms with van der Waals surface area (Å²) < 4.78 is 36.8. The highest BCUT2D eigenvalue weighted by atomic mass is 35.5. The topological polar surface area (TPSA) is 28.2 Å². The molecule has 0 fully saturated rings.